The van der Waals surface area contributed by atoms with Gasteiger partial charge in [0.2, 0.25) is 0 Å². The minimum absolute atomic E-state index is 0.856. The van der Waals surface area contributed by atoms with Crippen LogP contribution in [-0.4, -0.2) is 0 Å². The summed E-state index contributed by atoms with van der Waals surface area (Å²) in [6.45, 7) is 4.66. The maximum absolute atomic E-state index is 2.66. The Morgan fingerprint density at radius 1 is 0.677 bits per heavy atom. The Bertz CT molecular complexity index is 658. The van der Waals surface area contributed by atoms with E-state index in [1.807, 2.05) is 0 Å². The van der Waals surface area contributed by atoms with E-state index in [-0.39, 0.29) is 0 Å². The van der Waals surface area contributed by atoms with E-state index in [1.54, 1.807) is 23.1 Å². The van der Waals surface area contributed by atoms with Gasteiger partial charge in [0.15, 0.2) is 0 Å². The van der Waals surface area contributed by atoms with Crippen molar-refractivity contribution in [2.75, 3.05) is 0 Å². The van der Waals surface area contributed by atoms with E-state index < -0.39 is 0 Å². The van der Waals surface area contributed by atoms with E-state index in [4.69, 9.17) is 0 Å². The molecule has 0 heterocycles. The molecule has 0 radical (unpaired) electrons. The smallest absolute Gasteiger partial charge is 0.0159 e. The Morgan fingerprint density at radius 3 is 2.29 bits per heavy atom. The topological polar surface area (TPSA) is 0 Å². The van der Waals surface area contributed by atoms with Gasteiger partial charge in [-0.3, -0.25) is 0 Å². The van der Waals surface area contributed by atoms with Crippen molar-refractivity contribution >= 4 is 0 Å². The molecule has 174 valence electrons. The Balaban J connectivity index is 1.27. The van der Waals surface area contributed by atoms with Crippen LogP contribution in [0.25, 0.3) is 0 Å². The fourth-order valence-electron chi connectivity index (χ4n) is 7.44. The molecule has 0 aliphatic heterocycles. The highest BCUT2D eigenvalue weighted by Crippen LogP contribution is 2.48. The van der Waals surface area contributed by atoms with Crippen LogP contribution in [0.15, 0.2) is 18.2 Å². The largest absolute Gasteiger partial charge is 0.0654 e. The van der Waals surface area contributed by atoms with Gasteiger partial charge in [0.05, 0.1) is 0 Å². The first-order valence-corrected chi connectivity index (χ1v) is 14.4. The van der Waals surface area contributed by atoms with Gasteiger partial charge in [-0.15, -0.1) is 0 Å². The molecule has 5 unspecified atom stereocenters. The highest BCUT2D eigenvalue weighted by atomic mass is 14.4. The first kappa shape index (κ1) is 23.4. The fraction of sp³-hybridized carbons (Fsp3) is 0.806. The van der Waals surface area contributed by atoms with Crippen LogP contribution < -0.4 is 0 Å². The first-order valence-electron chi connectivity index (χ1n) is 14.4. The number of rotatable bonds is 10. The minimum atomic E-state index is 0.856. The number of unbranched alkanes of at least 4 members (excludes halogenated alkanes) is 5. The number of benzene rings is 1. The second-order valence-electron chi connectivity index (χ2n) is 11.7. The lowest BCUT2D eigenvalue weighted by Crippen LogP contribution is -2.30. The summed E-state index contributed by atoms with van der Waals surface area (Å²) in [6.07, 6.45) is 26.2. The molecule has 2 fully saturated rings. The molecule has 0 aromatic heterocycles. The normalized spacial score (nSPS) is 30.6. The van der Waals surface area contributed by atoms with Gasteiger partial charge in [-0.25, -0.2) is 0 Å². The molecule has 4 rings (SSSR count). The number of hydrogen-bond acceptors (Lipinski definition) is 0. The van der Waals surface area contributed by atoms with E-state index in [9.17, 15) is 0 Å². The third-order valence-electron chi connectivity index (χ3n) is 9.44. The fourth-order valence-corrected chi connectivity index (χ4v) is 7.44. The predicted molar refractivity (Wildman–Crippen MR) is 136 cm³/mol. The zero-order chi connectivity index (χ0) is 21.5. The van der Waals surface area contributed by atoms with Crippen molar-refractivity contribution in [3.63, 3.8) is 0 Å². The zero-order valence-electron chi connectivity index (χ0n) is 20.8. The van der Waals surface area contributed by atoms with Crippen molar-refractivity contribution < 1.29 is 0 Å². The number of aryl methyl sites for hydroxylation is 1. The summed E-state index contributed by atoms with van der Waals surface area (Å²) in [7, 11) is 0. The number of hydrogen-bond donors (Lipinski definition) is 0. The standard InChI is InChI=1S/C31H50/c1-3-5-7-9-11-25-13-15-29-23-31(19-17-27(29)21-25)30-18-16-26-20-24(10-8-6-4-2)12-14-28(26)22-30/h17,19,23-26,28,30H,3-16,18,20-22H2,1-2H3. The lowest BCUT2D eigenvalue weighted by Gasteiger charge is -2.42. The monoisotopic (exact) mass is 422 g/mol. The van der Waals surface area contributed by atoms with Crippen molar-refractivity contribution in [2.24, 2.45) is 23.7 Å². The summed E-state index contributed by atoms with van der Waals surface area (Å²) < 4.78 is 0. The highest BCUT2D eigenvalue weighted by Gasteiger charge is 2.36. The summed E-state index contributed by atoms with van der Waals surface area (Å²) in [5.41, 5.74) is 5.10. The van der Waals surface area contributed by atoms with Crippen molar-refractivity contribution in [2.45, 2.75) is 135 Å². The van der Waals surface area contributed by atoms with Gasteiger partial charge in [-0.05, 0) is 97.6 Å². The lowest BCUT2D eigenvalue weighted by molar-refractivity contribution is 0.113. The third kappa shape index (κ3) is 6.39. The van der Waals surface area contributed by atoms with Gasteiger partial charge in [-0.2, -0.15) is 0 Å². The van der Waals surface area contributed by atoms with Crippen molar-refractivity contribution in [3.8, 4) is 0 Å². The summed E-state index contributed by atoms with van der Waals surface area (Å²) >= 11 is 0. The van der Waals surface area contributed by atoms with E-state index in [0.717, 1.165) is 29.6 Å². The van der Waals surface area contributed by atoms with Crippen LogP contribution in [0.5, 0.6) is 0 Å². The number of fused-ring (bicyclic) bond motifs is 2. The lowest BCUT2D eigenvalue weighted by atomic mass is 9.63. The van der Waals surface area contributed by atoms with Crippen LogP contribution in [-0.2, 0) is 12.8 Å². The van der Waals surface area contributed by atoms with E-state index in [0.29, 0.717) is 0 Å². The average Bonchev–Trinajstić information content (AvgIpc) is 2.81. The molecule has 0 bridgehead atoms. The van der Waals surface area contributed by atoms with Crippen LogP contribution >= 0.6 is 0 Å². The predicted octanol–water partition coefficient (Wildman–Crippen LogP) is 9.64. The summed E-state index contributed by atoms with van der Waals surface area (Å²) in [5.74, 6) is 4.96. The first-order chi connectivity index (χ1) is 15.3. The molecule has 0 saturated heterocycles. The van der Waals surface area contributed by atoms with Gasteiger partial charge >= 0.3 is 0 Å². The van der Waals surface area contributed by atoms with Gasteiger partial charge in [0.25, 0.3) is 0 Å². The summed E-state index contributed by atoms with van der Waals surface area (Å²) in [5, 5.41) is 0. The Kier molecular flexibility index (Phi) is 8.98. The molecule has 3 aliphatic carbocycles. The van der Waals surface area contributed by atoms with Gasteiger partial charge in [-0.1, -0.05) is 96.3 Å². The Morgan fingerprint density at radius 2 is 1.42 bits per heavy atom. The van der Waals surface area contributed by atoms with E-state index in [2.05, 4.69) is 32.0 Å². The van der Waals surface area contributed by atoms with Crippen LogP contribution in [0.3, 0.4) is 0 Å². The van der Waals surface area contributed by atoms with Crippen LogP contribution in [0, 0.1) is 23.7 Å². The molecule has 31 heavy (non-hydrogen) atoms. The van der Waals surface area contributed by atoms with E-state index >= 15 is 0 Å². The van der Waals surface area contributed by atoms with Crippen molar-refractivity contribution in [1.82, 2.24) is 0 Å². The molecule has 0 amide bonds. The third-order valence-corrected chi connectivity index (χ3v) is 9.44. The molecule has 0 spiro atoms. The second kappa shape index (κ2) is 11.9. The molecule has 3 aliphatic rings. The molecule has 0 heteroatoms. The van der Waals surface area contributed by atoms with Gasteiger partial charge in [0, 0.05) is 0 Å². The summed E-state index contributed by atoms with van der Waals surface area (Å²) in [4.78, 5) is 0. The van der Waals surface area contributed by atoms with Crippen LogP contribution in [0.1, 0.15) is 139 Å². The Labute approximate surface area is 194 Å². The van der Waals surface area contributed by atoms with Crippen LogP contribution in [0.2, 0.25) is 0 Å². The molecule has 5 atom stereocenters. The van der Waals surface area contributed by atoms with Crippen molar-refractivity contribution in [1.29, 1.82) is 0 Å². The SMILES string of the molecule is CCCCCCC1CCc2cc(C3CCC4CC(CCCCC)CCC4C3)ccc2C1. The molecule has 1 aromatic rings. The molecular weight excluding hydrogens is 372 g/mol. The Hall–Kier alpha value is -0.780. The average molecular weight is 423 g/mol. The van der Waals surface area contributed by atoms with Gasteiger partial charge in [0.1, 0.15) is 0 Å². The minimum Gasteiger partial charge on any atom is -0.0654 e. The van der Waals surface area contributed by atoms with Crippen LogP contribution in [0.4, 0.5) is 0 Å². The zero-order valence-corrected chi connectivity index (χ0v) is 20.8. The maximum Gasteiger partial charge on any atom is -0.0159 e. The molecule has 1 aromatic carbocycles. The summed E-state index contributed by atoms with van der Waals surface area (Å²) in [6, 6.07) is 7.74. The highest BCUT2D eigenvalue weighted by molar-refractivity contribution is 5.36. The molecule has 2 saturated carbocycles. The van der Waals surface area contributed by atoms with Gasteiger partial charge < -0.3 is 0 Å². The maximum atomic E-state index is 2.66. The molecule has 0 N–H and O–H groups in total. The quantitative estimate of drug-likeness (QED) is 0.329. The van der Waals surface area contributed by atoms with E-state index in [1.165, 1.54) is 109 Å². The molecule has 0 nitrogen and oxygen atoms in total. The van der Waals surface area contributed by atoms with Crippen molar-refractivity contribution in [3.05, 3.63) is 34.9 Å². The second-order valence-corrected chi connectivity index (χ2v) is 11.7. The molecular formula is C31H50.